The van der Waals surface area contributed by atoms with Crippen LogP contribution in [0.25, 0.3) is 10.8 Å². The molecule has 192 valence electrons. The lowest BCUT2D eigenvalue weighted by Crippen LogP contribution is -2.50. The van der Waals surface area contributed by atoms with Crippen LogP contribution >= 0.6 is 0 Å². The summed E-state index contributed by atoms with van der Waals surface area (Å²) >= 11 is 0. The van der Waals surface area contributed by atoms with Crippen molar-refractivity contribution in [1.82, 2.24) is 10.2 Å². The minimum absolute atomic E-state index is 0.0706. The van der Waals surface area contributed by atoms with Crippen LogP contribution in [-0.2, 0) is 13.0 Å². The molecule has 0 aliphatic carbocycles. The summed E-state index contributed by atoms with van der Waals surface area (Å²) in [6.45, 7) is 5.68. The highest BCUT2D eigenvalue weighted by atomic mass is 16.6. The molecule has 1 saturated heterocycles. The van der Waals surface area contributed by atoms with Gasteiger partial charge in [0.1, 0.15) is 0 Å². The van der Waals surface area contributed by atoms with E-state index >= 15 is 0 Å². The Morgan fingerprint density at radius 2 is 1.94 bits per heavy atom. The minimum atomic E-state index is -0.630. The highest BCUT2D eigenvalue weighted by Crippen LogP contribution is 2.39. The third kappa shape index (κ3) is 5.78. The number of aliphatic hydroxyl groups excluding tert-OH is 1. The van der Waals surface area contributed by atoms with Gasteiger partial charge in [0.15, 0.2) is 5.75 Å². The van der Waals surface area contributed by atoms with Crippen LogP contribution < -0.4 is 10.1 Å². The molecule has 1 aliphatic rings. The third-order valence-electron chi connectivity index (χ3n) is 7.08. The number of phenolic OH excluding ortho intramolecular Hbond substituents is 1. The molecule has 0 amide bonds. The summed E-state index contributed by atoms with van der Waals surface area (Å²) in [5.41, 5.74) is 1.06. The van der Waals surface area contributed by atoms with E-state index in [2.05, 4.69) is 54.4 Å². The second-order valence-electron chi connectivity index (χ2n) is 10.3. The van der Waals surface area contributed by atoms with Gasteiger partial charge >= 0.3 is 5.69 Å². The lowest BCUT2D eigenvalue weighted by molar-refractivity contribution is -0.386. The fraction of sp³-hybridized carbons (Fsp3) is 0.429. The van der Waals surface area contributed by atoms with Gasteiger partial charge in [-0.25, -0.2) is 0 Å². The Morgan fingerprint density at radius 1 is 1.19 bits per heavy atom. The number of phenols is 1. The summed E-state index contributed by atoms with van der Waals surface area (Å²) in [7, 11) is 1.36. The number of aromatic hydroxyl groups is 1. The first kappa shape index (κ1) is 25.9. The monoisotopic (exact) mass is 493 g/mol. The first-order valence-electron chi connectivity index (χ1n) is 12.4. The fourth-order valence-electron chi connectivity index (χ4n) is 5.24. The topological polar surface area (TPSA) is 108 Å². The van der Waals surface area contributed by atoms with Gasteiger partial charge in [-0.1, -0.05) is 42.5 Å². The molecule has 0 saturated carbocycles. The van der Waals surface area contributed by atoms with Gasteiger partial charge in [-0.05, 0) is 68.1 Å². The molecule has 8 heteroatoms. The van der Waals surface area contributed by atoms with E-state index in [1.54, 1.807) is 6.07 Å². The number of nitro benzene ring substituents is 1. The van der Waals surface area contributed by atoms with Crippen molar-refractivity contribution in [3.05, 3.63) is 75.8 Å². The van der Waals surface area contributed by atoms with Crippen LogP contribution in [0.1, 0.15) is 37.8 Å². The summed E-state index contributed by atoms with van der Waals surface area (Å²) in [6.07, 6.45) is 1.90. The van der Waals surface area contributed by atoms with Crippen LogP contribution in [-0.4, -0.2) is 57.9 Å². The smallest absolute Gasteiger partial charge is 0.319 e. The number of aliphatic hydroxyl groups is 1. The number of ether oxygens (including phenoxy) is 1. The number of benzene rings is 3. The number of nitrogens with one attached hydrogen (secondary N) is 1. The normalized spacial score (nSPS) is 17.4. The highest BCUT2D eigenvalue weighted by Gasteiger charge is 2.34. The van der Waals surface area contributed by atoms with Crippen molar-refractivity contribution in [2.75, 3.05) is 20.2 Å². The Balaban J connectivity index is 1.40. The quantitative estimate of drug-likeness (QED) is 0.284. The molecule has 4 rings (SSSR count). The van der Waals surface area contributed by atoms with Crippen molar-refractivity contribution in [2.45, 2.75) is 57.3 Å². The number of fused-ring (bicyclic) bond motifs is 1. The molecule has 0 bridgehead atoms. The van der Waals surface area contributed by atoms with Gasteiger partial charge in [0.05, 0.1) is 18.1 Å². The number of likely N-dealkylation sites (tertiary alicyclic amines) is 1. The summed E-state index contributed by atoms with van der Waals surface area (Å²) in [4.78, 5) is 13.1. The Kier molecular flexibility index (Phi) is 7.78. The maximum absolute atomic E-state index is 11.6. The molecule has 3 aromatic rings. The van der Waals surface area contributed by atoms with Crippen molar-refractivity contribution < 1.29 is 19.9 Å². The number of hydrogen-bond acceptors (Lipinski definition) is 7. The van der Waals surface area contributed by atoms with Gasteiger partial charge in [0, 0.05) is 30.2 Å². The molecule has 1 fully saturated rings. The summed E-state index contributed by atoms with van der Waals surface area (Å²) in [5.74, 6) is -0.394. The Bertz CT molecular complexity index is 1230. The summed E-state index contributed by atoms with van der Waals surface area (Å²) < 4.78 is 5.03. The number of hydrogen-bond donors (Lipinski definition) is 3. The molecule has 3 N–H and O–H groups in total. The molecule has 0 spiro atoms. The zero-order valence-electron chi connectivity index (χ0n) is 21.1. The van der Waals surface area contributed by atoms with Crippen molar-refractivity contribution in [2.24, 2.45) is 0 Å². The molecule has 3 aromatic carbocycles. The van der Waals surface area contributed by atoms with Crippen molar-refractivity contribution in [1.29, 1.82) is 0 Å². The predicted molar refractivity (Wildman–Crippen MR) is 140 cm³/mol. The molecule has 2 unspecified atom stereocenters. The Morgan fingerprint density at radius 3 is 2.67 bits per heavy atom. The van der Waals surface area contributed by atoms with Crippen molar-refractivity contribution >= 4 is 16.5 Å². The van der Waals surface area contributed by atoms with Gasteiger partial charge in [0.2, 0.25) is 5.75 Å². The molecular formula is C28H35N3O5. The second kappa shape index (κ2) is 10.8. The first-order chi connectivity index (χ1) is 17.2. The summed E-state index contributed by atoms with van der Waals surface area (Å²) in [5, 5.41) is 39.0. The van der Waals surface area contributed by atoms with Gasteiger partial charge in [-0.2, -0.15) is 0 Å². The SMILES string of the molecule is COc1ccc(CN2CCCC2C(O)CNC(C)(C)Cc2ccc3ccccc3c2)c([N+](=O)[O-])c1O. The van der Waals surface area contributed by atoms with Crippen molar-refractivity contribution in [3.63, 3.8) is 0 Å². The van der Waals surface area contributed by atoms with Crippen LogP contribution in [0.2, 0.25) is 0 Å². The molecule has 0 aromatic heterocycles. The van der Waals surface area contributed by atoms with E-state index in [-0.39, 0.29) is 29.6 Å². The zero-order chi connectivity index (χ0) is 25.9. The van der Waals surface area contributed by atoms with E-state index < -0.39 is 16.8 Å². The summed E-state index contributed by atoms with van der Waals surface area (Å²) in [6, 6.07) is 17.8. The Labute approximate surface area is 211 Å². The maximum Gasteiger partial charge on any atom is 0.319 e. The number of nitrogens with zero attached hydrogens (tertiary/aromatic N) is 2. The van der Waals surface area contributed by atoms with Crippen LogP contribution in [0, 0.1) is 10.1 Å². The van der Waals surface area contributed by atoms with Crippen LogP contribution in [0.3, 0.4) is 0 Å². The van der Waals surface area contributed by atoms with Crippen LogP contribution in [0.15, 0.2) is 54.6 Å². The lowest BCUT2D eigenvalue weighted by Gasteiger charge is -2.33. The van der Waals surface area contributed by atoms with E-state index in [0.717, 1.165) is 25.8 Å². The van der Waals surface area contributed by atoms with Gasteiger partial charge in [-0.3, -0.25) is 15.0 Å². The zero-order valence-corrected chi connectivity index (χ0v) is 21.1. The van der Waals surface area contributed by atoms with E-state index in [1.807, 2.05) is 12.1 Å². The van der Waals surface area contributed by atoms with Crippen LogP contribution in [0.4, 0.5) is 5.69 Å². The average molecular weight is 494 g/mol. The third-order valence-corrected chi connectivity index (χ3v) is 7.08. The maximum atomic E-state index is 11.6. The van der Waals surface area contributed by atoms with Crippen molar-refractivity contribution in [3.8, 4) is 11.5 Å². The van der Waals surface area contributed by atoms with E-state index in [4.69, 9.17) is 4.74 Å². The number of β-amino-alcohol motifs (C(OH)–C–C–N with tert-alkyl or cyclic N) is 1. The standard InChI is InChI=1S/C28H35N3O5/c1-28(2,16-19-10-11-20-7-4-5-8-21(20)15-19)29-17-24(32)23-9-6-14-30(23)18-22-12-13-25(36-3)27(33)26(22)31(34)35/h4-5,7-8,10-13,15,23-24,29,32-33H,6,9,14,16-18H2,1-3H3. The predicted octanol–water partition coefficient (Wildman–Crippen LogP) is 4.40. The first-order valence-corrected chi connectivity index (χ1v) is 12.4. The molecule has 2 atom stereocenters. The highest BCUT2D eigenvalue weighted by molar-refractivity contribution is 5.83. The molecule has 36 heavy (non-hydrogen) atoms. The van der Waals surface area contributed by atoms with Gasteiger partial charge in [-0.15, -0.1) is 0 Å². The fourth-order valence-corrected chi connectivity index (χ4v) is 5.24. The molecule has 0 radical (unpaired) electrons. The number of methoxy groups -OCH3 is 1. The van der Waals surface area contributed by atoms with Gasteiger partial charge < -0.3 is 20.3 Å². The van der Waals surface area contributed by atoms with Crippen LogP contribution in [0.5, 0.6) is 11.5 Å². The molecule has 8 nitrogen and oxygen atoms in total. The number of rotatable bonds is 10. The largest absolute Gasteiger partial charge is 0.500 e. The van der Waals surface area contributed by atoms with E-state index in [1.165, 1.54) is 29.5 Å². The van der Waals surface area contributed by atoms with E-state index in [0.29, 0.717) is 12.1 Å². The molecule has 1 aliphatic heterocycles. The average Bonchev–Trinajstić information content (AvgIpc) is 3.30. The Hall–Kier alpha value is -3.20. The molecule has 1 heterocycles. The lowest BCUT2D eigenvalue weighted by atomic mass is 9.93. The minimum Gasteiger partial charge on any atom is -0.500 e. The number of nitro groups is 1. The molecular weight excluding hydrogens is 458 g/mol. The van der Waals surface area contributed by atoms with E-state index in [9.17, 15) is 20.3 Å². The second-order valence-corrected chi connectivity index (χ2v) is 10.3. The van der Waals surface area contributed by atoms with Gasteiger partial charge in [0.25, 0.3) is 0 Å².